The Morgan fingerprint density at radius 2 is 1.94 bits per heavy atom. The van der Waals surface area contributed by atoms with Crippen molar-refractivity contribution < 1.29 is 5.11 Å². The van der Waals surface area contributed by atoms with Gasteiger partial charge in [-0.15, -0.1) is 0 Å². The molecule has 4 heteroatoms. The molecule has 0 atom stereocenters. The summed E-state index contributed by atoms with van der Waals surface area (Å²) < 4.78 is 1.93. The third-order valence-electron chi connectivity index (χ3n) is 4.15. The average molecular weight is 251 g/mol. The maximum absolute atomic E-state index is 10.7. The first-order valence-electron chi connectivity index (χ1n) is 7.03. The minimum atomic E-state index is -0.575. The highest BCUT2D eigenvalue weighted by atomic mass is 16.3. The maximum Gasteiger partial charge on any atom is 0.138 e. The zero-order valence-electron chi connectivity index (χ0n) is 11.8. The van der Waals surface area contributed by atoms with Gasteiger partial charge in [-0.2, -0.15) is 5.10 Å². The molecule has 0 spiro atoms. The van der Waals surface area contributed by atoms with Gasteiger partial charge >= 0.3 is 0 Å². The number of nitrogens with zero attached hydrogens (tertiary/aromatic N) is 3. The lowest BCUT2D eigenvalue weighted by Gasteiger charge is -2.40. The lowest BCUT2D eigenvalue weighted by Crippen LogP contribution is -2.39. The van der Waals surface area contributed by atoms with E-state index in [1.54, 1.807) is 6.33 Å². The van der Waals surface area contributed by atoms with Gasteiger partial charge in [-0.05, 0) is 37.5 Å². The summed E-state index contributed by atoms with van der Waals surface area (Å²) in [6, 6.07) is 0. The van der Waals surface area contributed by atoms with E-state index in [-0.39, 0.29) is 0 Å². The number of hydrogen-bond acceptors (Lipinski definition) is 3. The van der Waals surface area contributed by atoms with Crippen molar-refractivity contribution in [2.24, 2.45) is 5.41 Å². The molecule has 0 saturated heterocycles. The fourth-order valence-electron chi connectivity index (χ4n) is 2.69. The van der Waals surface area contributed by atoms with Crippen LogP contribution in [0, 0.1) is 5.41 Å². The van der Waals surface area contributed by atoms with Crippen LogP contribution < -0.4 is 0 Å². The zero-order valence-corrected chi connectivity index (χ0v) is 11.8. The van der Waals surface area contributed by atoms with Crippen molar-refractivity contribution in [2.45, 2.75) is 71.4 Å². The molecule has 1 aromatic rings. The Morgan fingerprint density at radius 1 is 1.28 bits per heavy atom. The van der Waals surface area contributed by atoms with E-state index in [1.165, 1.54) is 0 Å². The third-order valence-corrected chi connectivity index (χ3v) is 4.15. The Labute approximate surface area is 109 Å². The summed E-state index contributed by atoms with van der Waals surface area (Å²) in [6.07, 6.45) is 7.21. The largest absolute Gasteiger partial charge is 0.389 e. The van der Waals surface area contributed by atoms with Crippen LogP contribution in [0.5, 0.6) is 0 Å². The van der Waals surface area contributed by atoms with Crippen LogP contribution in [-0.2, 0) is 13.0 Å². The van der Waals surface area contributed by atoms with E-state index in [0.717, 1.165) is 44.5 Å². The number of aliphatic hydroxyl groups is 1. The number of rotatable bonds is 4. The van der Waals surface area contributed by atoms with Crippen molar-refractivity contribution in [3.63, 3.8) is 0 Å². The molecule has 1 heterocycles. The monoisotopic (exact) mass is 251 g/mol. The molecule has 1 aliphatic rings. The lowest BCUT2D eigenvalue weighted by molar-refractivity contribution is -0.0272. The predicted octanol–water partition coefficient (Wildman–Crippen LogP) is 2.56. The van der Waals surface area contributed by atoms with Gasteiger partial charge in [-0.25, -0.2) is 4.98 Å². The normalized spacial score (nSPS) is 22.0. The summed E-state index contributed by atoms with van der Waals surface area (Å²) in [5.41, 5.74) is -0.197. The van der Waals surface area contributed by atoms with Gasteiger partial charge in [0, 0.05) is 13.0 Å². The summed E-state index contributed by atoms with van der Waals surface area (Å²) in [7, 11) is 0. The van der Waals surface area contributed by atoms with Crippen molar-refractivity contribution >= 4 is 0 Å². The van der Waals surface area contributed by atoms with Crippen LogP contribution in [0.2, 0.25) is 0 Å². The fraction of sp³-hybridized carbons (Fsp3) is 0.857. The molecule has 1 N–H and O–H groups in total. The van der Waals surface area contributed by atoms with Crippen LogP contribution in [0.15, 0.2) is 6.33 Å². The van der Waals surface area contributed by atoms with E-state index < -0.39 is 5.60 Å². The van der Waals surface area contributed by atoms with Crippen molar-refractivity contribution in [1.82, 2.24) is 14.8 Å². The number of hydrogen-bond donors (Lipinski definition) is 1. The van der Waals surface area contributed by atoms with E-state index in [4.69, 9.17) is 0 Å². The summed E-state index contributed by atoms with van der Waals surface area (Å²) in [6.45, 7) is 7.58. The van der Waals surface area contributed by atoms with Crippen LogP contribution in [0.4, 0.5) is 0 Å². The molecule has 0 radical (unpaired) electrons. The molecule has 4 nitrogen and oxygen atoms in total. The van der Waals surface area contributed by atoms with Crippen molar-refractivity contribution in [2.75, 3.05) is 0 Å². The van der Waals surface area contributed by atoms with Gasteiger partial charge < -0.3 is 5.11 Å². The fourth-order valence-corrected chi connectivity index (χ4v) is 2.69. The Bertz CT molecular complexity index is 387. The molecule has 18 heavy (non-hydrogen) atoms. The molecule has 1 aromatic heterocycles. The van der Waals surface area contributed by atoms with E-state index in [9.17, 15) is 5.11 Å². The molecular weight excluding hydrogens is 226 g/mol. The van der Waals surface area contributed by atoms with E-state index >= 15 is 0 Å². The highest BCUT2D eigenvalue weighted by Gasteiger charge is 2.37. The number of aromatic nitrogens is 3. The number of aryl methyl sites for hydroxylation is 1. The first-order valence-corrected chi connectivity index (χ1v) is 7.03. The molecule has 1 fully saturated rings. The molecule has 0 amide bonds. The van der Waals surface area contributed by atoms with Crippen LogP contribution in [0.3, 0.4) is 0 Å². The zero-order chi connectivity index (χ0) is 13.2. The summed E-state index contributed by atoms with van der Waals surface area (Å²) in [4.78, 5) is 4.30. The first-order chi connectivity index (χ1) is 8.44. The molecule has 2 rings (SSSR count). The molecule has 102 valence electrons. The van der Waals surface area contributed by atoms with Crippen LogP contribution >= 0.6 is 0 Å². The smallest absolute Gasteiger partial charge is 0.138 e. The minimum Gasteiger partial charge on any atom is -0.389 e. The molecular formula is C14H25N3O. The summed E-state index contributed by atoms with van der Waals surface area (Å²) in [5.74, 6) is 0.930. The van der Waals surface area contributed by atoms with Crippen LogP contribution in [0.25, 0.3) is 0 Å². The van der Waals surface area contributed by atoms with Gasteiger partial charge in [-0.1, -0.05) is 20.8 Å². The van der Waals surface area contributed by atoms with E-state index in [0.29, 0.717) is 11.8 Å². The molecule has 0 aliphatic heterocycles. The highest BCUT2D eigenvalue weighted by molar-refractivity contribution is 4.98. The van der Waals surface area contributed by atoms with Crippen molar-refractivity contribution in [1.29, 1.82) is 0 Å². The second-order valence-corrected chi connectivity index (χ2v) is 6.46. The van der Waals surface area contributed by atoms with E-state index in [2.05, 4.69) is 30.9 Å². The Balaban J connectivity index is 2.02. The third kappa shape index (κ3) is 3.10. The minimum absolute atomic E-state index is 0.378. The second-order valence-electron chi connectivity index (χ2n) is 6.46. The standard InChI is InChI=1S/C14H25N3O/c1-4-9-17-12(15-11-16-17)10-14(18)7-5-13(2,3)6-8-14/h11,18H,4-10H2,1-3H3. The molecule has 0 bridgehead atoms. The molecule has 0 aromatic carbocycles. The van der Waals surface area contributed by atoms with Gasteiger partial charge in [0.1, 0.15) is 12.2 Å². The molecule has 1 aliphatic carbocycles. The quantitative estimate of drug-likeness (QED) is 0.894. The van der Waals surface area contributed by atoms with Gasteiger partial charge in [0.25, 0.3) is 0 Å². The Morgan fingerprint density at radius 3 is 2.56 bits per heavy atom. The maximum atomic E-state index is 10.7. The molecule has 1 saturated carbocycles. The first kappa shape index (κ1) is 13.5. The predicted molar refractivity (Wildman–Crippen MR) is 71.2 cm³/mol. The average Bonchev–Trinajstić information content (AvgIpc) is 2.72. The highest BCUT2D eigenvalue weighted by Crippen LogP contribution is 2.41. The van der Waals surface area contributed by atoms with Crippen molar-refractivity contribution in [3.8, 4) is 0 Å². The van der Waals surface area contributed by atoms with Crippen LogP contribution in [0.1, 0.15) is 58.7 Å². The lowest BCUT2D eigenvalue weighted by atomic mass is 9.70. The van der Waals surface area contributed by atoms with Gasteiger partial charge in [-0.3, -0.25) is 4.68 Å². The van der Waals surface area contributed by atoms with E-state index in [1.807, 2.05) is 4.68 Å². The molecule has 0 unspecified atom stereocenters. The van der Waals surface area contributed by atoms with Crippen LogP contribution in [-0.4, -0.2) is 25.5 Å². The second kappa shape index (κ2) is 5.00. The topological polar surface area (TPSA) is 50.9 Å². The summed E-state index contributed by atoms with van der Waals surface area (Å²) in [5, 5.41) is 14.9. The Hall–Kier alpha value is -0.900. The van der Waals surface area contributed by atoms with Gasteiger partial charge in [0.05, 0.1) is 5.60 Å². The summed E-state index contributed by atoms with van der Waals surface area (Å²) >= 11 is 0. The van der Waals surface area contributed by atoms with Gasteiger partial charge in [0.15, 0.2) is 0 Å². The van der Waals surface area contributed by atoms with Gasteiger partial charge in [0.2, 0.25) is 0 Å². The Kier molecular flexibility index (Phi) is 3.76. The SMILES string of the molecule is CCCn1ncnc1CC1(O)CCC(C)(C)CC1. The van der Waals surface area contributed by atoms with Crippen molar-refractivity contribution in [3.05, 3.63) is 12.2 Å².